The summed E-state index contributed by atoms with van der Waals surface area (Å²) < 4.78 is 0. The van der Waals surface area contributed by atoms with E-state index in [2.05, 4.69) is 13.2 Å². The number of aliphatic hydroxyl groups is 1. The summed E-state index contributed by atoms with van der Waals surface area (Å²) in [4.78, 5) is 0. The van der Waals surface area contributed by atoms with Crippen molar-refractivity contribution in [2.45, 2.75) is 13.8 Å². The molecule has 1 heteroatoms. The zero-order valence-corrected chi connectivity index (χ0v) is 7.30. The summed E-state index contributed by atoms with van der Waals surface area (Å²) in [7, 11) is 0. The highest BCUT2D eigenvalue weighted by Gasteiger charge is 1.99. The summed E-state index contributed by atoms with van der Waals surface area (Å²) in [6.45, 7) is 11.4. The fourth-order valence-electron chi connectivity index (χ4n) is 0.771. The zero-order valence-electron chi connectivity index (χ0n) is 7.30. The van der Waals surface area contributed by atoms with Gasteiger partial charge >= 0.3 is 0 Å². The van der Waals surface area contributed by atoms with Gasteiger partial charge in [-0.15, -0.1) is 6.58 Å². The highest BCUT2D eigenvalue weighted by molar-refractivity contribution is 5.17. The molecule has 0 radical (unpaired) electrons. The number of aliphatic hydroxyl groups excluding tert-OH is 1. The third-order valence-electron chi connectivity index (χ3n) is 1.54. The Labute approximate surface area is 68.7 Å². The summed E-state index contributed by atoms with van der Waals surface area (Å²) in [5.74, 6) is 0.196. The van der Waals surface area contributed by atoms with Gasteiger partial charge in [-0.3, -0.25) is 0 Å². The standard InChI is InChI=1S/C10H16O/c1-5-10(8(2)3)6-9(4)7-11/h5-6,10-11H,1-2,7H2,3-4H3/b9-6-/t10-/m1/s1. The lowest BCUT2D eigenvalue weighted by Gasteiger charge is -2.07. The van der Waals surface area contributed by atoms with Crippen molar-refractivity contribution in [1.29, 1.82) is 0 Å². The van der Waals surface area contributed by atoms with Crippen molar-refractivity contribution in [3.63, 3.8) is 0 Å². The lowest BCUT2D eigenvalue weighted by atomic mass is 10.00. The monoisotopic (exact) mass is 152 g/mol. The summed E-state index contributed by atoms with van der Waals surface area (Å²) >= 11 is 0. The Hall–Kier alpha value is -0.820. The van der Waals surface area contributed by atoms with Gasteiger partial charge in [-0.1, -0.05) is 29.9 Å². The number of rotatable bonds is 4. The van der Waals surface area contributed by atoms with Gasteiger partial charge in [0.15, 0.2) is 0 Å². The van der Waals surface area contributed by atoms with Crippen LogP contribution in [0.1, 0.15) is 13.8 Å². The zero-order chi connectivity index (χ0) is 8.85. The van der Waals surface area contributed by atoms with Crippen LogP contribution in [0.2, 0.25) is 0 Å². The predicted molar refractivity (Wildman–Crippen MR) is 49.3 cm³/mol. The van der Waals surface area contributed by atoms with Crippen LogP contribution in [0, 0.1) is 5.92 Å². The minimum atomic E-state index is 0.109. The van der Waals surface area contributed by atoms with Crippen molar-refractivity contribution >= 4 is 0 Å². The first-order valence-corrected chi connectivity index (χ1v) is 3.68. The largest absolute Gasteiger partial charge is 0.392 e. The molecule has 0 aromatic rings. The Morgan fingerprint density at radius 2 is 2.09 bits per heavy atom. The first-order valence-electron chi connectivity index (χ1n) is 3.68. The second-order valence-electron chi connectivity index (χ2n) is 2.78. The molecule has 0 fully saturated rings. The molecule has 0 aliphatic carbocycles. The van der Waals surface area contributed by atoms with Crippen LogP contribution in [0.3, 0.4) is 0 Å². The average Bonchev–Trinajstić information content (AvgIpc) is 1.99. The molecule has 0 amide bonds. The third-order valence-corrected chi connectivity index (χ3v) is 1.54. The van der Waals surface area contributed by atoms with Gasteiger partial charge in [0.25, 0.3) is 0 Å². The highest BCUT2D eigenvalue weighted by atomic mass is 16.3. The second-order valence-corrected chi connectivity index (χ2v) is 2.78. The second kappa shape index (κ2) is 4.91. The SMILES string of the molecule is C=C[C@H](/C=C(/C)CO)C(=C)C. The van der Waals surface area contributed by atoms with Gasteiger partial charge in [0.2, 0.25) is 0 Å². The van der Waals surface area contributed by atoms with E-state index in [1.807, 2.05) is 26.0 Å². The molecule has 1 N–H and O–H groups in total. The molecule has 0 saturated heterocycles. The molecule has 0 aliphatic heterocycles. The van der Waals surface area contributed by atoms with Crippen molar-refractivity contribution in [3.8, 4) is 0 Å². The van der Waals surface area contributed by atoms with E-state index in [1.165, 1.54) is 0 Å². The van der Waals surface area contributed by atoms with E-state index in [4.69, 9.17) is 5.11 Å². The maximum Gasteiger partial charge on any atom is 0.0639 e. The Balaban J connectivity index is 4.29. The smallest absolute Gasteiger partial charge is 0.0639 e. The van der Waals surface area contributed by atoms with Crippen LogP contribution in [0.5, 0.6) is 0 Å². The van der Waals surface area contributed by atoms with E-state index in [-0.39, 0.29) is 12.5 Å². The lowest BCUT2D eigenvalue weighted by molar-refractivity contribution is 0.330. The maximum absolute atomic E-state index is 8.73. The van der Waals surface area contributed by atoms with E-state index < -0.39 is 0 Å². The molecule has 0 spiro atoms. The van der Waals surface area contributed by atoms with Crippen molar-refractivity contribution < 1.29 is 5.11 Å². The van der Waals surface area contributed by atoms with Gasteiger partial charge in [0.05, 0.1) is 6.61 Å². The molecule has 1 nitrogen and oxygen atoms in total. The Bertz CT molecular complexity index is 177. The molecule has 0 bridgehead atoms. The van der Waals surface area contributed by atoms with Crippen molar-refractivity contribution in [2.24, 2.45) is 5.92 Å². The van der Waals surface area contributed by atoms with Crippen molar-refractivity contribution in [3.05, 3.63) is 36.5 Å². The van der Waals surface area contributed by atoms with E-state index in [0.717, 1.165) is 11.1 Å². The number of hydrogen-bond donors (Lipinski definition) is 1. The average molecular weight is 152 g/mol. The molecule has 0 aromatic carbocycles. The first kappa shape index (κ1) is 10.2. The van der Waals surface area contributed by atoms with Gasteiger partial charge < -0.3 is 5.11 Å². The lowest BCUT2D eigenvalue weighted by Crippen LogP contribution is -1.95. The molecule has 0 rings (SSSR count). The fourth-order valence-corrected chi connectivity index (χ4v) is 0.771. The molecule has 0 heterocycles. The summed E-state index contributed by atoms with van der Waals surface area (Å²) in [6, 6.07) is 0. The summed E-state index contributed by atoms with van der Waals surface area (Å²) in [5.41, 5.74) is 2.01. The molecule has 0 unspecified atom stereocenters. The highest BCUT2D eigenvalue weighted by Crippen LogP contribution is 2.12. The van der Waals surface area contributed by atoms with Crippen LogP contribution >= 0.6 is 0 Å². The number of hydrogen-bond acceptors (Lipinski definition) is 1. The number of allylic oxidation sites excluding steroid dienone is 3. The Kier molecular flexibility index (Phi) is 4.55. The molecule has 0 aromatic heterocycles. The van der Waals surface area contributed by atoms with Crippen LogP contribution in [0.15, 0.2) is 36.5 Å². The van der Waals surface area contributed by atoms with E-state index in [0.29, 0.717) is 0 Å². The van der Waals surface area contributed by atoms with Crippen LogP contribution in [0.4, 0.5) is 0 Å². The van der Waals surface area contributed by atoms with Crippen LogP contribution in [0.25, 0.3) is 0 Å². The topological polar surface area (TPSA) is 20.2 Å². The quantitative estimate of drug-likeness (QED) is 0.613. The van der Waals surface area contributed by atoms with E-state index in [1.54, 1.807) is 0 Å². The summed E-state index contributed by atoms with van der Waals surface area (Å²) in [5, 5.41) is 8.73. The molecule has 11 heavy (non-hydrogen) atoms. The Morgan fingerprint density at radius 1 is 1.55 bits per heavy atom. The van der Waals surface area contributed by atoms with Crippen LogP contribution in [-0.4, -0.2) is 11.7 Å². The van der Waals surface area contributed by atoms with Crippen LogP contribution < -0.4 is 0 Å². The molecular weight excluding hydrogens is 136 g/mol. The van der Waals surface area contributed by atoms with Gasteiger partial charge in [-0.05, 0) is 13.8 Å². The van der Waals surface area contributed by atoms with Crippen LogP contribution in [-0.2, 0) is 0 Å². The van der Waals surface area contributed by atoms with E-state index in [9.17, 15) is 0 Å². The minimum absolute atomic E-state index is 0.109. The maximum atomic E-state index is 8.73. The minimum Gasteiger partial charge on any atom is -0.392 e. The third kappa shape index (κ3) is 3.79. The molecular formula is C10H16O. The first-order chi connectivity index (χ1) is 5.11. The van der Waals surface area contributed by atoms with Crippen molar-refractivity contribution in [2.75, 3.05) is 6.61 Å². The van der Waals surface area contributed by atoms with E-state index >= 15 is 0 Å². The van der Waals surface area contributed by atoms with Gasteiger partial charge in [-0.2, -0.15) is 0 Å². The summed E-state index contributed by atoms with van der Waals surface area (Å²) in [6.07, 6.45) is 3.79. The van der Waals surface area contributed by atoms with Gasteiger partial charge in [-0.25, -0.2) is 0 Å². The fraction of sp³-hybridized carbons (Fsp3) is 0.400. The Morgan fingerprint density at radius 3 is 2.36 bits per heavy atom. The van der Waals surface area contributed by atoms with Crippen molar-refractivity contribution in [1.82, 2.24) is 0 Å². The molecule has 0 saturated carbocycles. The normalized spacial score (nSPS) is 14.3. The molecule has 62 valence electrons. The molecule has 1 atom stereocenters. The molecule has 0 aliphatic rings. The predicted octanol–water partition coefficient (Wildman–Crippen LogP) is 2.30. The van der Waals surface area contributed by atoms with Gasteiger partial charge in [0.1, 0.15) is 0 Å². The van der Waals surface area contributed by atoms with Gasteiger partial charge in [0, 0.05) is 5.92 Å².